The van der Waals surface area contributed by atoms with E-state index in [1.54, 1.807) is 0 Å². The minimum Gasteiger partial charge on any atom is -0.348 e. The predicted octanol–water partition coefficient (Wildman–Crippen LogP) is 3.86. The Hall–Kier alpha value is -3.19. The van der Waals surface area contributed by atoms with Gasteiger partial charge in [-0.25, -0.2) is 12.8 Å². The Morgan fingerprint density at radius 2 is 1.68 bits per heavy atom. The van der Waals surface area contributed by atoms with E-state index in [1.807, 2.05) is 31.2 Å². The molecule has 0 aliphatic carbocycles. The lowest BCUT2D eigenvalue weighted by molar-refractivity contribution is 0.0950. The van der Waals surface area contributed by atoms with Gasteiger partial charge in [-0.05, 0) is 60.5 Å². The fourth-order valence-electron chi connectivity index (χ4n) is 2.64. The summed E-state index contributed by atoms with van der Waals surface area (Å²) in [5.41, 5.74) is 2.56. The third-order valence-corrected chi connectivity index (χ3v) is 5.60. The van der Waals surface area contributed by atoms with Crippen molar-refractivity contribution in [3.05, 3.63) is 95.3 Å². The second-order valence-electron chi connectivity index (χ2n) is 6.25. The molecule has 0 saturated carbocycles. The van der Waals surface area contributed by atoms with E-state index in [0.29, 0.717) is 12.1 Å². The number of carbonyl (C=O) groups is 1. The molecule has 28 heavy (non-hydrogen) atoms. The summed E-state index contributed by atoms with van der Waals surface area (Å²) in [6.07, 6.45) is 0. The van der Waals surface area contributed by atoms with Gasteiger partial charge in [0.2, 0.25) is 0 Å². The van der Waals surface area contributed by atoms with E-state index < -0.39 is 15.8 Å². The Balaban J connectivity index is 1.68. The molecule has 0 atom stereocenters. The lowest BCUT2D eigenvalue weighted by atomic mass is 10.1. The summed E-state index contributed by atoms with van der Waals surface area (Å²) in [5.74, 6) is -0.842. The lowest BCUT2D eigenvalue weighted by Gasteiger charge is -2.10. The second kappa shape index (κ2) is 8.22. The topological polar surface area (TPSA) is 75.3 Å². The molecule has 0 fully saturated rings. The summed E-state index contributed by atoms with van der Waals surface area (Å²) in [5, 5.41) is 2.81. The van der Waals surface area contributed by atoms with Gasteiger partial charge in [0.25, 0.3) is 15.9 Å². The van der Waals surface area contributed by atoms with Crippen LogP contribution in [-0.4, -0.2) is 14.3 Å². The lowest BCUT2D eigenvalue weighted by Crippen LogP contribution is -2.23. The van der Waals surface area contributed by atoms with Crippen LogP contribution >= 0.6 is 0 Å². The first-order chi connectivity index (χ1) is 13.3. The Labute approximate surface area is 163 Å². The third kappa shape index (κ3) is 4.75. The molecular formula is C21H19FN2O3S. The molecule has 7 heteroatoms. The zero-order chi connectivity index (χ0) is 20.1. The molecule has 144 valence electrons. The third-order valence-electron chi connectivity index (χ3n) is 4.20. The predicted molar refractivity (Wildman–Crippen MR) is 106 cm³/mol. The van der Waals surface area contributed by atoms with E-state index in [4.69, 9.17) is 0 Å². The van der Waals surface area contributed by atoms with Crippen LogP contribution in [0.15, 0.2) is 77.7 Å². The second-order valence-corrected chi connectivity index (χ2v) is 7.93. The monoisotopic (exact) mass is 398 g/mol. The molecule has 2 N–H and O–H groups in total. The van der Waals surface area contributed by atoms with Gasteiger partial charge in [0, 0.05) is 12.1 Å². The van der Waals surface area contributed by atoms with Gasteiger partial charge in [-0.1, -0.05) is 30.3 Å². The van der Waals surface area contributed by atoms with E-state index in [1.165, 1.54) is 42.5 Å². The highest BCUT2D eigenvalue weighted by Gasteiger charge is 2.15. The van der Waals surface area contributed by atoms with Crippen LogP contribution in [0.25, 0.3) is 0 Å². The summed E-state index contributed by atoms with van der Waals surface area (Å²) in [6.45, 7) is 2.35. The van der Waals surface area contributed by atoms with Gasteiger partial charge in [0.05, 0.1) is 10.6 Å². The number of carbonyl (C=O) groups excluding carboxylic acids is 1. The maximum atomic E-state index is 13.2. The first-order valence-electron chi connectivity index (χ1n) is 8.56. The highest BCUT2D eigenvalue weighted by molar-refractivity contribution is 7.92. The SMILES string of the molecule is Cc1ccccc1CNC(=O)c1ccc(S(=O)(=O)Nc2cccc(F)c2)cc1. The molecule has 3 rings (SSSR count). The summed E-state index contributed by atoms with van der Waals surface area (Å²) >= 11 is 0. The van der Waals surface area contributed by atoms with Crippen molar-refractivity contribution in [1.29, 1.82) is 0 Å². The Morgan fingerprint density at radius 1 is 0.964 bits per heavy atom. The fourth-order valence-corrected chi connectivity index (χ4v) is 3.69. The molecule has 0 radical (unpaired) electrons. The van der Waals surface area contributed by atoms with Crippen molar-refractivity contribution in [2.45, 2.75) is 18.4 Å². The van der Waals surface area contributed by atoms with Crippen molar-refractivity contribution in [2.75, 3.05) is 4.72 Å². The van der Waals surface area contributed by atoms with Gasteiger partial charge in [-0.3, -0.25) is 9.52 Å². The number of amides is 1. The fraction of sp³-hybridized carbons (Fsp3) is 0.0952. The van der Waals surface area contributed by atoms with Crippen LogP contribution in [0.5, 0.6) is 0 Å². The van der Waals surface area contributed by atoms with Crippen LogP contribution in [0.1, 0.15) is 21.5 Å². The van der Waals surface area contributed by atoms with Gasteiger partial charge in [-0.15, -0.1) is 0 Å². The number of anilines is 1. The molecule has 0 unspecified atom stereocenters. The molecule has 0 aliphatic heterocycles. The smallest absolute Gasteiger partial charge is 0.261 e. The first kappa shape index (κ1) is 19.6. The van der Waals surface area contributed by atoms with E-state index in [-0.39, 0.29) is 16.5 Å². The molecule has 0 bridgehead atoms. The number of hydrogen-bond donors (Lipinski definition) is 2. The highest BCUT2D eigenvalue weighted by Crippen LogP contribution is 2.17. The Bertz CT molecular complexity index is 1100. The summed E-state index contributed by atoms with van der Waals surface area (Å²) in [7, 11) is -3.88. The van der Waals surface area contributed by atoms with E-state index in [2.05, 4.69) is 10.0 Å². The van der Waals surface area contributed by atoms with E-state index in [9.17, 15) is 17.6 Å². The van der Waals surface area contributed by atoms with Gasteiger partial charge >= 0.3 is 0 Å². The minimum absolute atomic E-state index is 0.0211. The van der Waals surface area contributed by atoms with Crippen molar-refractivity contribution >= 4 is 21.6 Å². The largest absolute Gasteiger partial charge is 0.348 e. The van der Waals surface area contributed by atoms with Gasteiger partial charge < -0.3 is 5.32 Å². The standard InChI is InChI=1S/C21H19FN2O3S/c1-15-5-2-3-6-17(15)14-23-21(25)16-9-11-20(12-10-16)28(26,27)24-19-8-4-7-18(22)13-19/h2-13,24H,14H2,1H3,(H,23,25). The molecule has 0 heterocycles. The van der Waals surface area contributed by atoms with Crippen molar-refractivity contribution < 1.29 is 17.6 Å². The molecule has 0 aliphatic rings. The zero-order valence-corrected chi connectivity index (χ0v) is 16.0. The average molecular weight is 398 g/mol. The van der Waals surface area contributed by atoms with Crippen molar-refractivity contribution in [2.24, 2.45) is 0 Å². The van der Waals surface area contributed by atoms with Gasteiger partial charge in [0.1, 0.15) is 5.82 Å². The molecule has 5 nitrogen and oxygen atoms in total. The number of rotatable bonds is 6. The molecule has 3 aromatic carbocycles. The number of nitrogens with one attached hydrogen (secondary N) is 2. The zero-order valence-electron chi connectivity index (χ0n) is 15.1. The molecule has 3 aromatic rings. The van der Waals surface area contributed by atoms with Crippen LogP contribution in [0.3, 0.4) is 0 Å². The van der Waals surface area contributed by atoms with Crippen LogP contribution < -0.4 is 10.0 Å². The molecule has 0 spiro atoms. The van der Waals surface area contributed by atoms with Crippen LogP contribution in [0.2, 0.25) is 0 Å². The number of sulfonamides is 1. The molecule has 1 amide bonds. The summed E-state index contributed by atoms with van der Waals surface area (Å²) in [6, 6.07) is 18.5. The van der Waals surface area contributed by atoms with Crippen molar-refractivity contribution in [3.8, 4) is 0 Å². The molecule has 0 aromatic heterocycles. The van der Waals surface area contributed by atoms with E-state index >= 15 is 0 Å². The van der Waals surface area contributed by atoms with Crippen LogP contribution in [-0.2, 0) is 16.6 Å². The minimum atomic E-state index is -3.88. The van der Waals surface area contributed by atoms with E-state index in [0.717, 1.165) is 17.2 Å². The summed E-state index contributed by atoms with van der Waals surface area (Å²) < 4.78 is 40.4. The van der Waals surface area contributed by atoms with Crippen molar-refractivity contribution in [1.82, 2.24) is 5.32 Å². The highest BCUT2D eigenvalue weighted by atomic mass is 32.2. The number of aryl methyl sites for hydroxylation is 1. The number of halogens is 1. The maximum absolute atomic E-state index is 13.2. The maximum Gasteiger partial charge on any atom is 0.261 e. The molecular weight excluding hydrogens is 379 g/mol. The van der Waals surface area contributed by atoms with Crippen LogP contribution in [0, 0.1) is 12.7 Å². The van der Waals surface area contributed by atoms with Gasteiger partial charge in [0.15, 0.2) is 0 Å². The number of hydrogen-bond acceptors (Lipinski definition) is 3. The van der Waals surface area contributed by atoms with Crippen LogP contribution in [0.4, 0.5) is 10.1 Å². The Kier molecular flexibility index (Phi) is 5.75. The number of benzene rings is 3. The summed E-state index contributed by atoms with van der Waals surface area (Å²) in [4.78, 5) is 12.3. The average Bonchev–Trinajstić information content (AvgIpc) is 2.67. The normalized spacial score (nSPS) is 11.1. The van der Waals surface area contributed by atoms with Crippen molar-refractivity contribution in [3.63, 3.8) is 0 Å². The quantitative estimate of drug-likeness (QED) is 0.662. The first-order valence-corrected chi connectivity index (χ1v) is 10.0. The molecule has 0 saturated heterocycles. The van der Waals surface area contributed by atoms with Gasteiger partial charge in [-0.2, -0.15) is 0 Å². The Morgan fingerprint density at radius 3 is 2.36 bits per heavy atom.